The lowest BCUT2D eigenvalue weighted by Crippen LogP contribution is -2.24. The van der Waals surface area contributed by atoms with Crippen LogP contribution in [0, 0.1) is 5.82 Å². The van der Waals surface area contributed by atoms with E-state index in [4.69, 9.17) is 5.73 Å². The van der Waals surface area contributed by atoms with Gasteiger partial charge in [-0.05, 0) is 23.8 Å². The van der Waals surface area contributed by atoms with Crippen LogP contribution in [0.3, 0.4) is 0 Å². The van der Waals surface area contributed by atoms with Gasteiger partial charge in [0.15, 0.2) is 0 Å². The number of hydrogen-bond donors (Lipinski definition) is 2. The highest BCUT2D eigenvalue weighted by Gasteiger charge is 2.18. The summed E-state index contributed by atoms with van der Waals surface area (Å²) in [5.74, 6) is -0.781. The predicted molar refractivity (Wildman–Crippen MR) is 71.3 cm³/mol. The van der Waals surface area contributed by atoms with E-state index in [1.54, 1.807) is 24.3 Å². The van der Waals surface area contributed by atoms with Crippen LogP contribution in [-0.2, 0) is 16.6 Å². The van der Waals surface area contributed by atoms with E-state index in [0.717, 1.165) is 6.07 Å². The molecule has 0 aliphatic heterocycles. The Morgan fingerprint density at radius 3 is 2.37 bits per heavy atom. The summed E-state index contributed by atoms with van der Waals surface area (Å²) in [5.41, 5.74) is 6.84. The third-order valence-electron chi connectivity index (χ3n) is 2.63. The molecule has 0 radical (unpaired) electrons. The van der Waals surface area contributed by atoms with Crippen molar-refractivity contribution in [1.82, 2.24) is 4.72 Å². The second kappa shape index (κ2) is 5.38. The van der Waals surface area contributed by atoms with Crippen LogP contribution in [0.2, 0.25) is 0 Å². The second-order valence-electron chi connectivity index (χ2n) is 3.95. The van der Waals surface area contributed by atoms with Crippen molar-refractivity contribution in [3.05, 3.63) is 59.9 Å². The van der Waals surface area contributed by atoms with Crippen LogP contribution in [0.4, 0.5) is 10.1 Å². The first-order valence-electron chi connectivity index (χ1n) is 5.58. The van der Waals surface area contributed by atoms with Crippen LogP contribution in [0.15, 0.2) is 53.4 Å². The number of anilines is 1. The number of sulfonamides is 1. The zero-order valence-electron chi connectivity index (χ0n) is 10.0. The molecule has 0 aromatic heterocycles. The summed E-state index contributed by atoms with van der Waals surface area (Å²) in [7, 11) is -3.89. The van der Waals surface area contributed by atoms with Crippen molar-refractivity contribution < 1.29 is 12.8 Å². The maximum absolute atomic E-state index is 13.4. The van der Waals surface area contributed by atoms with Gasteiger partial charge in [0.1, 0.15) is 10.7 Å². The number of nitrogen functional groups attached to an aromatic ring is 1. The van der Waals surface area contributed by atoms with Gasteiger partial charge >= 0.3 is 0 Å². The van der Waals surface area contributed by atoms with Crippen molar-refractivity contribution in [3.8, 4) is 0 Å². The molecule has 0 spiro atoms. The van der Waals surface area contributed by atoms with Crippen LogP contribution < -0.4 is 10.5 Å². The van der Waals surface area contributed by atoms with Gasteiger partial charge in [0.2, 0.25) is 10.0 Å². The Balaban J connectivity index is 2.20. The van der Waals surface area contributed by atoms with Crippen molar-refractivity contribution in [2.24, 2.45) is 0 Å². The molecule has 0 aliphatic rings. The maximum Gasteiger partial charge on any atom is 0.243 e. The fourth-order valence-electron chi connectivity index (χ4n) is 1.61. The largest absolute Gasteiger partial charge is 0.398 e. The molecule has 19 heavy (non-hydrogen) atoms. The lowest BCUT2D eigenvalue weighted by molar-refractivity contribution is 0.557. The summed E-state index contributed by atoms with van der Waals surface area (Å²) in [6.07, 6.45) is 0. The van der Waals surface area contributed by atoms with Gasteiger partial charge in [0.25, 0.3) is 0 Å². The van der Waals surface area contributed by atoms with E-state index in [1.807, 2.05) is 0 Å². The van der Waals surface area contributed by atoms with Crippen LogP contribution in [-0.4, -0.2) is 8.42 Å². The minimum absolute atomic E-state index is 0.0172. The third kappa shape index (κ3) is 3.10. The molecule has 0 fully saturated rings. The van der Waals surface area contributed by atoms with Gasteiger partial charge in [0.05, 0.1) is 0 Å². The number of hydrogen-bond acceptors (Lipinski definition) is 3. The molecule has 0 saturated heterocycles. The van der Waals surface area contributed by atoms with Crippen molar-refractivity contribution in [2.75, 3.05) is 5.73 Å². The summed E-state index contributed by atoms with van der Waals surface area (Å²) < 4.78 is 39.7. The first-order valence-corrected chi connectivity index (χ1v) is 7.06. The Hall–Kier alpha value is -1.92. The molecule has 0 atom stereocenters. The quantitative estimate of drug-likeness (QED) is 0.840. The first kappa shape index (κ1) is 13.5. The highest BCUT2D eigenvalue weighted by atomic mass is 32.2. The minimum atomic E-state index is -3.89. The molecule has 100 valence electrons. The monoisotopic (exact) mass is 280 g/mol. The molecular formula is C13H13FN2O2S. The van der Waals surface area contributed by atoms with Gasteiger partial charge in [-0.15, -0.1) is 0 Å². The fraction of sp³-hybridized carbons (Fsp3) is 0.0769. The van der Waals surface area contributed by atoms with Crippen LogP contribution in [0.1, 0.15) is 5.56 Å². The van der Waals surface area contributed by atoms with Crippen molar-refractivity contribution >= 4 is 15.7 Å². The summed E-state index contributed by atoms with van der Waals surface area (Å²) in [4.78, 5) is -0.371. The predicted octanol–water partition coefficient (Wildman–Crippen LogP) is 1.89. The lowest BCUT2D eigenvalue weighted by Gasteiger charge is -2.09. The fourth-order valence-corrected chi connectivity index (χ4v) is 2.69. The second-order valence-corrected chi connectivity index (χ2v) is 5.69. The molecule has 4 nitrogen and oxygen atoms in total. The van der Waals surface area contributed by atoms with Crippen molar-refractivity contribution in [1.29, 1.82) is 0 Å². The van der Waals surface area contributed by atoms with Gasteiger partial charge in [-0.2, -0.15) is 0 Å². The summed E-state index contributed by atoms with van der Waals surface area (Å²) in [5, 5.41) is 0. The molecule has 0 heterocycles. The molecule has 0 amide bonds. The Kier molecular flexibility index (Phi) is 3.82. The van der Waals surface area contributed by atoms with Gasteiger partial charge in [0, 0.05) is 12.2 Å². The van der Waals surface area contributed by atoms with Crippen molar-refractivity contribution in [2.45, 2.75) is 11.4 Å². The molecule has 6 heteroatoms. The van der Waals surface area contributed by atoms with E-state index in [-0.39, 0.29) is 11.4 Å². The summed E-state index contributed by atoms with van der Waals surface area (Å²) in [6, 6.07) is 12.1. The number of nitrogens with two attached hydrogens (primary N) is 1. The lowest BCUT2D eigenvalue weighted by atomic mass is 10.2. The van der Waals surface area contributed by atoms with Crippen LogP contribution in [0.5, 0.6) is 0 Å². The molecule has 0 unspecified atom stereocenters. The van der Waals surface area contributed by atoms with E-state index in [9.17, 15) is 12.8 Å². The average molecular weight is 280 g/mol. The molecule has 0 bridgehead atoms. The molecule has 2 aromatic carbocycles. The summed E-state index contributed by atoms with van der Waals surface area (Å²) >= 11 is 0. The molecular weight excluding hydrogens is 267 g/mol. The van der Waals surface area contributed by atoms with E-state index in [0.29, 0.717) is 11.3 Å². The Morgan fingerprint density at radius 1 is 1.05 bits per heavy atom. The van der Waals surface area contributed by atoms with Crippen LogP contribution in [0.25, 0.3) is 0 Å². The molecule has 0 saturated carbocycles. The standard InChI is InChI=1S/C13H13FN2O2S/c14-11-6-2-4-8-13(11)19(17,18)16-9-10-5-1-3-7-12(10)15/h1-8,16H,9,15H2. The Labute approximate surface area is 111 Å². The molecule has 2 aromatic rings. The van der Waals surface area contributed by atoms with Gasteiger partial charge in [-0.25, -0.2) is 17.5 Å². The number of nitrogens with one attached hydrogen (secondary N) is 1. The normalized spacial score (nSPS) is 11.4. The van der Waals surface area contributed by atoms with E-state index in [1.165, 1.54) is 18.2 Å². The van der Waals surface area contributed by atoms with Gasteiger partial charge in [-0.1, -0.05) is 30.3 Å². The van der Waals surface area contributed by atoms with Crippen LogP contribution >= 0.6 is 0 Å². The minimum Gasteiger partial charge on any atom is -0.398 e. The smallest absolute Gasteiger partial charge is 0.243 e. The third-order valence-corrected chi connectivity index (χ3v) is 4.07. The number of para-hydroxylation sites is 1. The Morgan fingerprint density at radius 2 is 1.68 bits per heavy atom. The number of benzene rings is 2. The van der Waals surface area contributed by atoms with E-state index < -0.39 is 15.8 Å². The van der Waals surface area contributed by atoms with Gasteiger partial charge in [-0.3, -0.25) is 0 Å². The first-order chi connectivity index (χ1) is 9.00. The molecule has 2 rings (SSSR count). The molecule has 3 N–H and O–H groups in total. The zero-order valence-corrected chi connectivity index (χ0v) is 10.8. The highest BCUT2D eigenvalue weighted by Crippen LogP contribution is 2.15. The Bertz CT molecular complexity index is 687. The number of rotatable bonds is 4. The SMILES string of the molecule is Nc1ccccc1CNS(=O)(=O)c1ccccc1F. The number of halogens is 1. The van der Waals surface area contributed by atoms with E-state index in [2.05, 4.69) is 4.72 Å². The molecule has 0 aliphatic carbocycles. The van der Waals surface area contributed by atoms with Gasteiger partial charge < -0.3 is 5.73 Å². The van der Waals surface area contributed by atoms with Crippen molar-refractivity contribution in [3.63, 3.8) is 0 Å². The topological polar surface area (TPSA) is 72.2 Å². The highest BCUT2D eigenvalue weighted by molar-refractivity contribution is 7.89. The summed E-state index contributed by atoms with van der Waals surface area (Å²) in [6.45, 7) is 0.0172. The zero-order chi connectivity index (χ0) is 13.9. The van der Waals surface area contributed by atoms with E-state index >= 15 is 0 Å². The maximum atomic E-state index is 13.4. The average Bonchev–Trinajstić information content (AvgIpc) is 2.38.